The molecule has 7 heteroatoms. The maximum Gasteiger partial charge on any atom is 0.270 e. The summed E-state index contributed by atoms with van der Waals surface area (Å²) in [6, 6.07) is 2.37. The number of nitrogens with one attached hydrogen (secondary N) is 2. The highest BCUT2D eigenvalue weighted by atomic mass is 35.5. The number of amides is 1. The average Bonchev–Trinajstić information content (AvgIpc) is 3.27. The van der Waals surface area contributed by atoms with Gasteiger partial charge in [0.15, 0.2) is 0 Å². The highest BCUT2D eigenvalue weighted by Gasteiger charge is 2.32. The fourth-order valence-electron chi connectivity index (χ4n) is 3.53. The van der Waals surface area contributed by atoms with E-state index in [2.05, 4.69) is 33.8 Å². The van der Waals surface area contributed by atoms with Gasteiger partial charge in [0.25, 0.3) is 5.91 Å². The molecule has 0 saturated carbocycles. The Morgan fingerprint density at radius 1 is 1.25 bits per heavy atom. The zero-order chi connectivity index (χ0) is 16.8. The molecule has 0 aliphatic carbocycles. The predicted molar refractivity (Wildman–Crippen MR) is 95.1 cm³/mol. The number of aromatic amines is 2. The van der Waals surface area contributed by atoms with Gasteiger partial charge in [-0.15, -0.1) is 0 Å². The number of carbonyl (C=O) groups is 1. The van der Waals surface area contributed by atoms with Crippen LogP contribution in [0.5, 0.6) is 0 Å². The molecular formula is C17H20ClN5O. The molecule has 1 fully saturated rings. The molecule has 1 amide bonds. The summed E-state index contributed by atoms with van der Waals surface area (Å²) in [5.41, 5.74) is 2.79. The van der Waals surface area contributed by atoms with Crippen molar-refractivity contribution in [3.63, 3.8) is 0 Å². The lowest BCUT2D eigenvalue weighted by atomic mass is 10.1. The molecule has 6 nitrogen and oxygen atoms in total. The van der Waals surface area contributed by atoms with Crippen LogP contribution < -0.4 is 0 Å². The number of fused-ring (bicyclic) bond motifs is 1. The largest absolute Gasteiger partial charge is 0.357 e. The zero-order valence-corrected chi connectivity index (χ0v) is 14.3. The lowest BCUT2D eigenvalue weighted by Crippen LogP contribution is -2.38. The van der Waals surface area contributed by atoms with Gasteiger partial charge in [0.2, 0.25) is 0 Å². The number of hydrogen-bond donors (Lipinski definition) is 2. The molecule has 3 aromatic heterocycles. The first-order valence-electron chi connectivity index (χ1n) is 8.05. The Bertz CT molecular complexity index is 911. The van der Waals surface area contributed by atoms with Gasteiger partial charge in [0, 0.05) is 31.5 Å². The molecule has 24 heavy (non-hydrogen) atoms. The molecule has 1 aliphatic heterocycles. The van der Waals surface area contributed by atoms with Crippen molar-refractivity contribution in [1.82, 2.24) is 24.8 Å². The second kappa shape index (κ2) is 5.63. The third-order valence-electron chi connectivity index (χ3n) is 4.80. The molecule has 3 aromatic rings. The number of halogens is 1. The Morgan fingerprint density at radius 3 is 2.75 bits per heavy atom. The van der Waals surface area contributed by atoms with Gasteiger partial charge in [0.1, 0.15) is 17.7 Å². The van der Waals surface area contributed by atoms with Crippen LogP contribution in [0.25, 0.3) is 22.3 Å². The van der Waals surface area contributed by atoms with Crippen LogP contribution >= 0.6 is 11.6 Å². The molecule has 1 saturated heterocycles. The van der Waals surface area contributed by atoms with E-state index < -0.39 is 0 Å². The van der Waals surface area contributed by atoms with Crippen LogP contribution in [0, 0.1) is 0 Å². The summed E-state index contributed by atoms with van der Waals surface area (Å²) in [7, 11) is 0. The summed E-state index contributed by atoms with van der Waals surface area (Å²) >= 11 is 6.24. The first kappa shape index (κ1) is 15.2. The summed E-state index contributed by atoms with van der Waals surface area (Å²) in [6.45, 7) is 4.19. The third-order valence-corrected chi connectivity index (χ3v) is 5.09. The van der Waals surface area contributed by atoms with Crippen molar-refractivity contribution >= 4 is 28.5 Å². The van der Waals surface area contributed by atoms with Crippen LogP contribution in [-0.4, -0.2) is 42.8 Å². The van der Waals surface area contributed by atoms with Gasteiger partial charge in [-0.3, -0.25) is 4.79 Å². The van der Waals surface area contributed by atoms with Crippen molar-refractivity contribution in [3.05, 3.63) is 35.5 Å². The van der Waals surface area contributed by atoms with E-state index >= 15 is 0 Å². The van der Waals surface area contributed by atoms with E-state index in [0.29, 0.717) is 22.1 Å². The highest BCUT2D eigenvalue weighted by molar-refractivity contribution is 6.36. The van der Waals surface area contributed by atoms with Gasteiger partial charge >= 0.3 is 0 Å². The lowest BCUT2D eigenvalue weighted by Gasteiger charge is -2.25. The van der Waals surface area contributed by atoms with Crippen LogP contribution in [0.1, 0.15) is 38.6 Å². The van der Waals surface area contributed by atoms with Crippen LogP contribution in [0.2, 0.25) is 5.02 Å². The first-order valence-corrected chi connectivity index (χ1v) is 8.43. The number of carbonyl (C=O) groups excluding carboxylic acids is 1. The summed E-state index contributed by atoms with van der Waals surface area (Å²) in [6.07, 6.45) is 7.07. The van der Waals surface area contributed by atoms with Crippen molar-refractivity contribution in [2.45, 2.75) is 38.8 Å². The molecule has 0 bridgehead atoms. The Labute approximate surface area is 145 Å². The Hall–Kier alpha value is -2.34. The molecular weight excluding hydrogens is 326 g/mol. The Kier molecular flexibility index (Phi) is 3.57. The normalized spacial score (nSPS) is 20.9. The number of hydrogen-bond acceptors (Lipinski definition) is 3. The van der Waals surface area contributed by atoms with Crippen molar-refractivity contribution in [2.24, 2.45) is 0 Å². The van der Waals surface area contributed by atoms with Crippen LogP contribution in [-0.2, 0) is 0 Å². The molecule has 4 heterocycles. The smallest absolute Gasteiger partial charge is 0.270 e. The maximum absolute atomic E-state index is 12.8. The maximum atomic E-state index is 12.8. The second-order valence-electron chi connectivity index (χ2n) is 6.37. The fraction of sp³-hybridized carbons (Fsp3) is 0.353. The molecule has 2 N–H and O–H groups in total. The highest BCUT2D eigenvalue weighted by Crippen LogP contribution is 2.32. The van der Waals surface area contributed by atoms with E-state index in [4.69, 9.17) is 11.6 Å². The molecule has 126 valence electrons. The topological polar surface area (TPSA) is 77.7 Å². The molecule has 0 radical (unpaired) electrons. The lowest BCUT2D eigenvalue weighted by molar-refractivity contribution is 0.0687. The molecule has 0 unspecified atom stereocenters. The van der Waals surface area contributed by atoms with E-state index in [9.17, 15) is 4.79 Å². The van der Waals surface area contributed by atoms with Crippen LogP contribution in [0.15, 0.2) is 24.8 Å². The minimum atomic E-state index is 0. The standard InChI is InChI=1S/C17H18ClN5O.H2/c1-9-3-4-10(2)23(9)17(24)13-5-11(6-19-13)15-14-12(18)7-20-16(14)22-8-21-15;/h5-10,19H,3-4H2,1-2H3,(H,20,21,22);1H/t9-,10-;/m1./s1. The molecule has 0 aromatic carbocycles. The first-order chi connectivity index (χ1) is 11.6. The van der Waals surface area contributed by atoms with Crippen LogP contribution in [0.3, 0.4) is 0 Å². The molecule has 2 atom stereocenters. The van der Waals surface area contributed by atoms with E-state index in [0.717, 1.165) is 23.8 Å². The number of aromatic nitrogens is 4. The average molecular weight is 346 g/mol. The second-order valence-corrected chi connectivity index (χ2v) is 6.78. The number of nitrogens with zero attached hydrogens (tertiary/aromatic N) is 3. The molecule has 0 spiro atoms. The van der Waals surface area contributed by atoms with E-state index in [1.165, 1.54) is 6.33 Å². The SMILES string of the molecule is C[C@@H]1CC[C@@H](C)N1C(=O)c1cc(-c2ncnc3[nH]cc(Cl)c23)c[nH]1.[HH]. The summed E-state index contributed by atoms with van der Waals surface area (Å²) in [4.78, 5) is 29.4. The van der Waals surface area contributed by atoms with Gasteiger partial charge in [-0.05, 0) is 32.8 Å². The summed E-state index contributed by atoms with van der Waals surface area (Å²) in [5, 5.41) is 1.33. The van der Waals surface area contributed by atoms with Crippen molar-refractivity contribution in [2.75, 3.05) is 0 Å². The van der Waals surface area contributed by atoms with Crippen LogP contribution in [0.4, 0.5) is 0 Å². The minimum absolute atomic E-state index is 0. The van der Waals surface area contributed by atoms with E-state index in [-0.39, 0.29) is 19.4 Å². The van der Waals surface area contributed by atoms with Gasteiger partial charge in [-0.1, -0.05) is 11.6 Å². The summed E-state index contributed by atoms with van der Waals surface area (Å²) in [5.74, 6) is 0.0317. The fourth-order valence-corrected chi connectivity index (χ4v) is 3.77. The monoisotopic (exact) mass is 345 g/mol. The number of H-pyrrole nitrogens is 2. The third kappa shape index (κ3) is 2.29. The molecule has 1 aliphatic rings. The van der Waals surface area contributed by atoms with Gasteiger partial charge in [-0.2, -0.15) is 0 Å². The molecule has 4 rings (SSSR count). The van der Waals surface area contributed by atoms with Gasteiger partial charge in [0.05, 0.1) is 16.1 Å². The van der Waals surface area contributed by atoms with E-state index in [1.807, 2.05) is 11.0 Å². The van der Waals surface area contributed by atoms with Gasteiger partial charge in [-0.25, -0.2) is 9.97 Å². The van der Waals surface area contributed by atoms with Crippen molar-refractivity contribution in [3.8, 4) is 11.3 Å². The van der Waals surface area contributed by atoms with Crippen molar-refractivity contribution in [1.29, 1.82) is 0 Å². The predicted octanol–water partition coefficient (Wildman–Crippen LogP) is 3.87. The Balaban J connectivity index is 0.00000182. The quantitative estimate of drug-likeness (QED) is 0.740. The summed E-state index contributed by atoms with van der Waals surface area (Å²) < 4.78 is 0. The van der Waals surface area contributed by atoms with Crippen molar-refractivity contribution < 1.29 is 6.22 Å². The number of rotatable bonds is 2. The zero-order valence-electron chi connectivity index (χ0n) is 13.5. The number of likely N-dealkylation sites (tertiary alicyclic amines) is 1. The van der Waals surface area contributed by atoms with E-state index in [1.54, 1.807) is 12.4 Å². The van der Waals surface area contributed by atoms with Gasteiger partial charge < -0.3 is 14.9 Å². The Morgan fingerprint density at radius 2 is 2.00 bits per heavy atom. The minimum Gasteiger partial charge on any atom is -0.357 e.